The van der Waals surface area contributed by atoms with Crippen LogP contribution >= 0.6 is 0 Å². The number of hydrogen-bond acceptors (Lipinski definition) is 5. The maximum absolute atomic E-state index is 13.1. The Morgan fingerprint density at radius 3 is 2.47 bits per heavy atom. The maximum Gasteiger partial charge on any atom is 0.223 e. The van der Waals surface area contributed by atoms with E-state index >= 15 is 0 Å². The van der Waals surface area contributed by atoms with Crippen LogP contribution in [0.15, 0.2) is 36.4 Å². The lowest BCUT2D eigenvalue weighted by molar-refractivity contribution is -0.129. The Kier molecular flexibility index (Phi) is 8.58. The van der Waals surface area contributed by atoms with Crippen molar-refractivity contribution in [2.45, 2.75) is 64.8 Å². The molecule has 2 fully saturated rings. The Balaban J connectivity index is 1.42. The zero-order valence-electron chi connectivity index (χ0n) is 21.4. The SMILES string of the molecule is CCNC(=O)[C@H]1CCC[C@H](NC(=O)C2CCN(c3nc(C#N)c(CC)cc3-c3ccccc3)CC2)C1. The predicted octanol–water partition coefficient (Wildman–Crippen LogP) is 4.21. The van der Waals surface area contributed by atoms with Crippen LogP contribution in [-0.4, -0.2) is 42.5 Å². The Morgan fingerprint density at radius 2 is 1.81 bits per heavy atom. The van der Waals surface area contributed by atoms with Crippen LogP contribution in [-0.2, 0) is 16.0 Å². The smallest absolute Gasteiger partial charge is 0.223 e. The average molecular weight is 488 g/mol. The molecule has 2 N–H and O–H groups in total. The molecule has 1 aromatic heterocycles. The number of carbonyl (C=O) groups is 2. The van der Waals surface area contributed by atoms with Gasteiger partial charge in [0.2, 0.25) is 11.8 Å². The molecule has 7 heteroatoms. The lowest BCUT2D eigenvalue weighted by Gasteiger charge is -2.35. The number of benzene rings is 1. The standard InChI is InChI=1S/C29H37N5O2/c1-3-20-18-25(21-9-6-5-7-10-21)27(33-26(20)19-30)34-15-13-22(14-16-34)29(36)32-24-12-8-11-23(17-24)28(35)31-4-2/h5-7,9-10,18,22-24H,3-4,8,11-17H2,1-2H3,(H,31,35)(H,32,36)/t23-,24-/m0/s1. The topological polar surface area (TPSA) is 98.1 Å². The van der Waals surface area contributed by atoms with E-state index in [4.69, 9.17) is 4.98 Å². The summed E-state index contributed by atoms with van der Waals surface area (Å²) in [6.07, 6.45) is 5.76. The summed E-state index contributed by atoms with van der Waals surface area (Å²) in [7, 11) is 0. The van der Waals surface area contributed by atoms with Gasteiger partial charge in [-0.15, -0.1) is 0 Å². The molecule has 1 aliphatic carbocycles. The molecule has 2 atom stereocenters. The summed E-state index contributed by atoms with van der Waals surface area (Å²) in [6.45, 7) is 6.05. The first kappa shape index (κ1) is 25.7. The number of pyridine rings is 1. The zero-order valence-corrected chi connectivity index (χ0v) is 21.4. The second-order valence-electron chi connectivity index (χ2n) is 9.92. The van der Waals surface area contributed by atoms with E-state index in [-0.39, 0.29) is 29.7 Å². The number of aromatic nitrogens is 1. The normalized spacial score (nSPS) is 20.4. The first-order valence-electron chi connectivity index (χ1n) is 13.4. The van der Waals surface area contributed by atoms with Gasteiger partial charge in [0.15, 0.2) is 0 Å². The largest absolute Gasteiger partial charge is 0.356 e. The molecule has 0 unspecified atom stereocenters. The summed E-state index contributed by atoms with van der Waals surface area (Å²) >= 11 is 0. The second kappa shape index (κ2) is 12.0. The highest BCUT2D eigenvalue weighted by atomic mass is 16.2. The first-order valence-corrected chi connectivity index (χ1v) is 13.4. The van der Waals surface area contributed by atoms with Gasteiger partial charge in [-0.05, 0) is 62.6 Å². The third-order valence-corrected chi connectivity index (χ3v) is 7.56. The minimum atomic E-state index is -0.0448. The molecule has 4 rings (SSSR count). The summed E-state index contributed by atoms with van der Waals surface area (Å²) in [5.41, 5.74) is 3.55. The third-order valence-electron chi connectivity index (χ3n) is 7.56. The van der Waals surface area contributed by atoms with Gasteiger partial charge in [-0.2, -0.15) is 5.26 Å². The van der Waals surface area contributed by atoms with Crippen molar-refractivity contribution in [3.63, 3.8) is 0 Å². The van der Waals surface area contributed by atoms with Crippen LogP contribution in [0.1, 0.15) is 63.6 Å². The molecule has 0 radical (unpaired) electrons. The van der Waals surface area contributed by atoms with Gasteiger partial charge in [-0.1, -0.05) is 43.7 Å². The Labute approximate surface area is 214 Å². The number of nitrogens with one attached hydrogen (secondary N) is 2. The van der Waals surface area contributed by atoms with Crippen molar-refractivity contribution in [1.82, 2.24) is 15.6 Å². The number of nitriles is 1. The number of nitrogens with zero attached hydrogens (tertiary/aromatic N) is 3. The minimum Gasteiger partial charge on any atom is -0.356 e. The lowest BCUT2D eigenvalue weighted by atomic mass is 9.84. The zero-order chi connectivity index (χ0) is 25.5. The van der Waals surface area contributed by atoms with Crippen LogP contribution in [0.25, 0.3) is 11.1 Å². The number of carbonyl (C=O) groups excluding carboxylic acids is 2. The first-order chi connectivity index (χ1) is 17.5. The Morgan fingerprint density at radius 1 is 1.06 bits per heavy atom. The van der Waals surface area contributed by atoms with E-state index < -0.39 is 0 Å². The van der Waals surface area contributed by atoms with Gasteiger partial charge in [0.05, 0.1) is 0 Å². The van der Waals surface area contributed by atoms with Crippen LogP contribution in [0.3, 0.4) is 0 Å². The molecule has 1 aromatic carbocycles. The van der Waals surface area contributed by atoms with Crippen LogP contribution < -0.4 is 15.5 Å². The monoisotopic (exact) mass is 487 g/mol. The molecule has 0 spiro atoms. The molecular weight excluding hydrogens is 450 g/mol. The van der Waals surface area contributed by atoms with Crippen LogP contribution in [0, 0.1) is 23.2 Å². The molecule has 0 bridgehead atoms. The highest BCUT2D eigenvalue weighted by Crippen LogP contribution is 2.34. The van der Waals surface area contributed by atoms with Crippen molar-refractivity contribution in [3.05, 3.63) is 47.7 Å². The summed E-state index contributed by atoms with van der Waals surface area (Å²) in [5.74, 6) is 0.986. The van der Waals surface area contributed by atoms with E-state index in [0.717, 1.165) is 67.5 Å². The molecule has 1 saturated carbocycles. The summed E-state index contributed by atoms with van der Waals surface area (Å²) in [5, 5.41) is 15.8. The van der Waals surface area contributed by atoms with Crippen LogP contribution in [0.5, 0.6) is 0 Å². The van der Waals surface area contributed by atoms with Crippen molar-refractivity contribution in [3.8, 4) is 17.2 Å². The third kappa shape index (κ3) is 5.87. The molecule has 190 valence electrons. The summed E-state index contributed by atoms with van der Waals surface area (Å²) in [6, 6.07) is 14.6. The predicted molar refractivity (Wildman–Crippen MR) is 141 cm³/mol. The highest BCUT2D eigenvalue weighted by Gasteiger charge is 2.32. The van der Waals surface area contributed by atoms with Gasteiger partial charge in [-0.3, -0.25) is 9.59 Å². The van der Waals surface area contributed by atoms with Gasteiger partial charge < -0.3 is 15.5 Å². The fourth-order valence-corrected chi connectivity index (χ4v) is 5.53. The van der Waals surface area contributed by atoms with Crippen LogP contribution in [0.2, 0.25) is 0 Å². The average Bonchev–Trinajstić information content (AvgIpc) is 2.93. The Hall–Kier alpha value is -3.40. The number of piperidine rings is 1. The number of hydrogen-bond donors (Lipinski definition) is 2. The van der Waals surface area contributed by atoms with Crippen molar-refractivity contribution in [1.29, 1.82) is 5.26 Å². The number of anilines is 1. The number of rotatable bonds is 7. The number of amides is 2. The Bertz CT molecular complexity index is 1100. The molecular formula is C29H37N5O2. The van der Waals surface area contributed by atoms with Crippen molar-refractivity contribution >= 4 is 17.6 Å². The van der Waals surface area contributed by atoms with E-state index in [0.29, 0.717) is 25.3 Å². The summed E-state index contributed by atoms with van der Waals surface area (Å²) in [4.78, 5) is 32.4. The molecule has 2 heterocycles. The fourth-order valence-electron chi connectivity index (χ4n) is 5.53. The van der Waals surface area contributed by atoms with E-state index in [2.05, 4.69) is 39.8 Å². The van der Waals surface area contributed by atoms with Crippen molar-refractivity contribution in [2.24, 2.45) is 11.8 Å². The van der Waals surface area contributed by atoms with Gasteiger partial charge in [-0.25, -0.2) is 4.98 Å². The molecule has 1 aliphatic heterocycles. The van der Waals surface area contributed by atoms with Gasteiger partial charge in [0.25, 0.3) is 0 Å². The highest BCUT2D eigenvalue weighted by molar-refractivity contribution is 5.81. The molecule has 36 heavy (non-hydrogen) atoms. The molecule has 2 amide bonds. The number of aryl methyl sites for hydroxylation is 1. The lowest BCUT2D eigenvalue weighted by Crippen LogP contribution is -2.46. The maximum atomic E-state index is 13.1. The molecule has 7 nitrogen and oxygen atoms in total. The second-order valence-corrected chi connectivity index (χ2v) is 9.92. The summed E-state index contributed by atoms with van der Waals surface area (Å²) < 4.78 is 0. The quantitative estimate of drug-likeness (QED) is 0.610. The molecule has 1 saturated heterocycles. The van der Waals surface area contributed by atoms with E-state index in [1.807, 2.05) is 32.0 Å². The van der Waals surface area contributed by atoms with Crippen molar-refractivity contribution in [2.75, 3.05) is 24.5 Å². The van der Waals surface area contributed by atoms with E-state index in [9.17, 15) is 14.9 Å². The van der Waals surface area contributed by atoms with Gasteiger partial charge >= 0.3 is 0 Å². The fraction of sp³-hybridized carbons (Fsp3) is 0.517. The van der Waals surface area contributed by atoms with Gasteiger partial charge in [0.1, 0.15) is 17.6 Å². The minimum absolute atomic E-state index is 0.00579. The van der Waals surface area contributed by atoms with E-state index in [1.165, 1.54) is 0 Å². The van der Waals surface area contributed by atoms with Crippen LogP contribution in [0.4, 0.5) is 5.82 Å². The molecule has 2 aromatic rings. The van der Waals surface area contributed by atoms with Crippen molar-refractivity contribution < 1.29 is 9.59 Å². The van der Waals surface area contributed by atoms with E-state index in [1.54, 1.807) is 0 Å². The van der Waals surface area contributed by atoms with Gasteiger partial charge in [0, 0.05) is 43.1 Å². The molecule has 2 aliphatic rings.